The summed E-state index contributed by atoms with van der Waals surface area (Å²) >= 11 is 0. The number of hydrogen-bond donors (Lipinski definition) is 3. The standard InChI is InChI=1S/C27H22N10O2/c38-27(37-7-9-39-10-8-37)32-19-11-17(13-29-15-19)18-12-21-23(35-36-24(21)31-14-18)26-33-22-20(3-6-30-25(22)34-26)16-1-4-28-5-2-16/h1-6,11-15H,7-10H2,(H,32,38)(H,30,33,34)(H,31,35,36). The Kier molecular flexibility index (Phi) is 5.63. The van der Waals surface area contributed by atoms with Gasteiger partial charge >= 0.3 is 6.03 Å². The highest BCUT2D eigenvalue weighted by molar-refractivity contribution is 5.96. The topological polar surface area (TPSA) is 150 Å². The molecule has 0 aromatic carbocycles. The summed E-state index contributed by atoms with van der Waals surface area (Å²) in [6.07, 6.45) is 10.4. The fraction of sp³-hybridized carbons (Fsp3) is 0.148. The van der Waals surface area contributed by atoms with E-state index < -0.39 is 0 Å². The number of carbonyl (C=O) groups excluding carboxylic acids is 1. The van der Waals surface area contributed by atoms with E-state index in [-0.39, 0.29) is 6.03 Å². The van der Waals surface area contributed by atoms with Crippen LogP contribution in [0.15, 0.2) is 67.5 Å². The normalized spacial score (nSPS) is 13.7. The molecule has 0 aliphatic carbocycles. The SMILES string of the molecule is O=C(Nc1cncc(-c2cnc3[nH]nc(-c4nc5c(-c6ccncc6)ccnc5[nH]4)c3c2)c1)N1CCOCC1. The minimum Gasteiger partial charge on any atom is -0.378 e. The summed E-state index contributed by atoms with van der Waals surface area (Å²) in [5.74, 6) is 0.578. The third-order valence-electron chi connectivity index (χ3n) is 6.64. The van der Waals surface area contributed by atoms with Gasteiger partial charge in [-0.25, -0.2) is 19.7 Å². The van der Waals surface area contributed by atoms with Crippen molar-refractivity contribution in [2.24, 2.45) is 0 Å². The highest BCUT2D eigenvalue weighted by atomic mass is 16.5. The third kappa shape index (κ3) is 4.32. The molecule has 0 saturated carbocycles. The molecule has 7 heterocycles. The van der Waals surface area contributed by atoms with Crippen LogP contribution in [0.3, 0.4) is 0 Å². The van der Waals surface area contributed by atoms with Crippen molar-refractivity contribution in [3.05, 3.63) is 67.5 Å². The molecule has 1 fully saturated rings. The molecule has 0 bridgehead atoms. The summed E-state index contributed by atoms with van der Waals surface area (Å²) in [7, 11) is 0. The summed E-state index contributed by atoms with van der Waals surface area (Å²) in [6.45, 7) is 2.20. The molecule has 39 heavy (non-hydrogen) atoms. The van der Waals surface area contributed by atoms with E-state index in [9.17, 15) is 4.79 Å². The van der Waals surface area contributed by atoms with Gasteiger partial charge in [0.05, 0.1) is 30.5 Å². The third-order valence-corrected chi connectivity index (χ3v) is 6.64. The van der Waals surface area contributed by atoms with E-state index in [1.807, 2.05) is 30.3 Å². The molecule has 6 aromatic rings. The number of H-pyrrole nitrogens is 2. The number of ether oxygens (including phenoxy) is 1. The molecular formula is C27H22N10O2. The minimum atomic E-state index is -0.174. The minimum absolute atomic E-state index is 0.174. The molecule has 7 rings (SSSR count). The molecule has 1 saturated heterocycles. The van der Waals surface area contributed by atoms with Crippen LogP contribution in [0.4, 0.5) is 10.5 Å². The number of anilines is 1. The van der Waals surface area contributed by atoms with Gasteiger partial charge in [0.1, 0.15) is 11.2 Å². The highest BCUT2D eigenvalue weighted by Gasteiger charge is 2.19. The summed E-state index contributed by atoms with van der Waals surface area (Å²) in [4.78, 5) is 40.0. The summed E-state index contributed by atoms with van der Waals surface area (Å²) < 4.78 is 5.33. The van der Waals surface area contributed by atoms with Crippen LogP contribution in [0.25, 0.3) is 56.0 Å². The number of nitrogens with one attached hydrogen (secondary N) is 3. The first kappa shape index (κ1) is 22.9. The molecule has 12 heteroatoms. The largest absolute Gasteiger partial charge is 0.378 e. The lowest BCUT2D eigenvalue weighted by Gasteiger charge is -2.26. The maximum absolute atomic E-state index is 12.6. The summed E-state index contributed by atoms with van der Waals surface area (Å²) in [6, 6.07) is 9.50. The number of nitrogens with zero attached hydrogens (tertiary/aromatic N) is 7. The molecular weight excluding hydrogens is 496 g/mol. The number of morpholine rings is 1. The molecule has 12 nitrogen and oxygen atoms in total. The first-order chi connectivity index (χ1) is 19.2. The van der Waals surface area contributed by atoms with Crippen LogP contribution in [0.1, 0.15) is 0 Å². The predicted molar refractivity (Wildman–Crippen MR) is 145 cm³/mol. The number of fused-ring (bicyclic) bond motifs is 2. The summed E-state index contributed by atoms with van der Waals surface area (Å²) in [5.41, 5.74) is 6.84. The molecule has 0 unspecified atom stereocenters. The lowest BCUT2D eigenvalue weighted by molar-refractivity contribution is 0.0564. The molecule has 2 amide bonds. The average Bonchev–Trinajstić information content (AvgIpc) is 3.62. The van der Waals surface area contributed by atoms with E-state index in [1.165, 1.54) is 0 Å². The van der Waals surface area contributed by atoms with Crippen molar-refractivity contribution < 1.29 is 9.53 Å². The van der Waals surface area contributed by atoms with Crippen molar-refractivity contribution in [2.45, 2.75) is 0 Å². The average molecular weight is 519 g/mol. The number of hydrogen-bond acceptors (Lipinski definition) is 8. The van der Waals surface area contributed by atoms with E-state index >= 15 is 0 Å². The van der Waals surface area contributed by atoms with Crippen LogP contribution < -0.4 is 5.32 Å². The van der Waals surface area contributed by atoms with Crippen molar-refractivity contribution in [1.29, 1.82) is 0 Å². The highest BCUT2D eigenvalue weighted by Crippen LogP contribution is 2.32. The molecule has 0 spiro atoms. The number of amides is 2. The number of pyridine rings is 4. The van der Waals surface area contributed by atoms with E-state index in [1.54, 1.807) is 42.1 Å². The lowest BCUT2D eigenvalue weighted by atomic mass is 10.1. The van der Waals surface area contributed by atoms with Crippen molar-refractivity contribution >= 4 is 33.9 Å². The zero-order valence-corrected chi connectivity index (χ0v) is 20.6. The van der Waals surface area contributed by atoms with Gasteiger partial charge in [0, 0.05) is 60.8 Å². The van der Waals surface area contributed by atoms with Crippen LogP contribution in [0.2, 0.25) is 0 Å². The maximum Gasteiger partial charge on any atom is 0.322 e. The van der Waals surface area contributed by atoms with Crippen molar-refractivity contribution in [2.75, 3.05) is 31.6 Å². The Bertz CT molecular complexity index is 1810. The fourth-order valence-electron chi connectivity index (χ4n) is 4.66. The van der Waals surface area contributed by atoms with Gasteiger partial charge in [0.15, 0.2) is 17.1 Å². The van der Waals surface area contributed by atoms with E-state index in [2.05, 4.69) is 40.4 Å². The molecule has 0 atom stereocenters. The summed E-state index contributed by atoms with van der Waals surface area (Å²) in [5, 5.41) is 11.2. The van der Waals surface area contributed by atoms with Gasteiger partial charge in [-0.3, -0.25) is 15.1 Å². The first-order valence-corrected chi connectivity index (χ1v) is 12.4. The Morgan fingerprint density at radius 3 is 2.62 bits per heavy atom. The molecule has 1 aliphatic heterocycles. The molecule has 6 aromatic heterocycles. The zero-order valence-electron chi connectivity index (χ0n) is 20.6. The van der Waals surface area contributed by atoms with Crippen LogP contribution >= 0.6 is 0 Å². The fourth-order valence-corrected chi connectivity index (χ4v) is 4.66. The molecule has 0 radical (unpaired) electrons. The van der Waals surface area contributed by atoms with Crippen LogP contribution in [0.5, 0.6) is 0 Å². The van der Waals surface area contributed by atoms with E-state index in [0.29, 0.717) is 54.8 Å². The van der Waals surface area contributed by atoms with Crippen molar-refractivity contribution in [3.8, 4) is 33.8 Å². The van der Waals surface area contributed by atoms with E-state index in [4.69, 9.17) is 9.72 Å². The van der Waals surface area contributed by atoms with Gasteiger partial charge in [-0.05, 0) is 35.9 Å². The Balaban J connectivity index is 1.23. The van der Waals surface area contributed by atoms with Crippen LogP contribution in [-0.4, -0.2) is 77.3 Å². The number of aromatic amines is 2. The van der Waals surface area contributed by atoms with Gasteiger partial charge < -0.3 is 19.9 Å². The second-order valence-electron chi connectivity index (χ2n) is 9.06. The van der Waals surface area contributed by atoms with Gasteiger partial charge in [0.25, 0.3) is 0 Å². The smallest absolute Gasteiger partial charge is 0.322 e. The molecule has 3 N–H and O–H groups in total. The monoisotopic (exact) mass is 518 g/mol. The van der Waals surface area contributed by atoms with E-state index in [0.717, 1.165) is 33.2 Å². The van der Waals surface area contributed by atoms with Crippen LogP contribution in [0, 0.1) is 0 Å². The predicted octanol–water partition coefficient (Wildman–Crippen LogP) is 3.88. The number of imidazole rings is 1. The second-order valence-corrected chi connectivity index (χ2v) is 9.06. The van der Waals surface area contributed by atoms with Crippen molar-refractivity contribution in [3.63, 3.8) is 0 Å². The van der Waals surface area contributed by atoms with Crippen LogP contribution in [-0.2, 0) is 4.74 Å². The molecule has 1 aliphatic rings. The number of carbonyl (C=O) groups is 1. The number of rotatable bonds is 4. The Morgan fingerprint density at radius 2 is 1.74 bits per heavy atom. The first-order valence-electron chi connectivity index (χ1n) is 12.4. The van der Waals surface area contributed by atoms with Gasteiger partial charge in [-0.15, -0.1) is 0 Å². The van der Waals surface area contributed by atoms with Crippen molar-refractivity contribution in [1.82, 2.24) is 45.0 Å². The molecule has 192 valence electrons. The Labute approximate surface area is 221 Å². The Morgan fingerprint density at radius 1 is 0.897 bits per heavy atom. The van der Waals surface area contributed by atoms with Gasteiger partial charge in [-0.2, -0.15) is 5.10 Å². The second kappa shape index (κ2) is 9.58. The zero-order chi connectivity index (χ0) is 26.2. The van der Waals surface area contributed by atoms with Gasteiger partial charge in [-0.1, -0.05) is 0 Å². The van der Waals surface area contributed by atoms with Gasteiger partial charge in [0.2, 0.25) is 0 Å². The lowest BCUT2D eigenvalue weighted by Crippen LogP contribution is -2.43. The maximum atomic E-state index is 12.6. The number of aromatic nitrogens is 8. The number of urea groups is 1. The quantitative estimate of drug-likeness (QED) is 0.318. The Hall–Kier alpha value is -5.23.